The standard InChI is InChI=1S/C21H20ClFN2O2/c22-17-8-6-15(7-9-17)20-11-19(27-24-20)13-25(21(26)16-4-5-16)12-14-2-1-3-18(23)10-14/h1-3,6-10,16,19H,4-5,11-13H2/t19-/m1/s1. The monoisotopic (exact) mass is 386 g/mol. The van der Waals surface area contributed by atoms with Crippen LogP contribution in [-0.2, 0) is 16.2 Å². The Morgan fingerprint density at radius 2 is 2.00 bits per heavy atom. The van der Waals surface area contributed by atoms with Gasteiger partial charge in [-0.2, -0.15) is 0 Å². The van der Waals surface area contributed by atoms with Gasteiger partial charge in [0.05, 0.1) is 12.3 Å². The van der Waals surface area contributed by atoms with Crippen molar-refractivity contribution in [3.05, 3.63) is 70.5 Å². The Morgan fingerprint density at radius 3 is 2.70 bits per heavy atom. The molecule has 2 aromatic rings. The number of amides is 1. The van der Waals surface area contributed by atoms with Gasteiger partial charge in [-0.05, 0) is 48.2 Å². The van der Waals surface area contributed by atoms with E-state index in [1.165, 1.54) is 12.1 Å². The average Bonchev–Trinajstić information content (AvgIpc) is 3.40. The van der Waals surface area contributed by atoms with Crippen molar-refractivity contribution in [2.45, 2.75) is 31.9 Å². The van der Waals surface area contributed by atoms with Gasteiger partial charge in [-0.15, -0.1) is 0 Å². The molecule has 0 saturated heterocycles. The number of oxime groups is 1. The predicted molar refractivity (Wildman–Crippen MR) is 102 cm³/mol. The van der Waals surface area contributed by atoms with Crippen LogP contribution in [0.2, 0.25) is 5.02 Å². The van der Waals surface area contributed by atoms with Gasteiger partial charge in [-0.25, -0.2) is 4.39 Å². The van der Waals surface area contributed by atoms with Crippen molar-refractivity contribution in [1.82, 2.24) is 4.90 Å². The normalized spacial score (nSPS) is 18.7. The smallest absolute Gasteiger partial charge is 0.226 e. The van der Waals surface area contributed by atoms with Crippen LogP contribution in [-0.4, -0.2) is 29.2 Å². The minimum Gasteiger partial charge on any atom is -0.390 e. The van der Waals surface area contributed by atoms with Crippen molar-refractivity contribution in [3.63, 3.8) is 0 Å². The molecule has 27 heavy (non-hydrogen) atoms. The summed E-state index contributed by atoms with van der Waals surface area (Å²) in [6, 6.07) is 13.8. The molecule has 2 aliphatic rings. The number of rotatable bonds is 6. The summed E-state index contributed by atoms with van der Waals surface area (Å²) in [7, 11) is 0. The summed E-state index contributed by atoms with van der Waals surface area (Å²) in [6.07, 6.45) is 2.28. The lowest BCUT2D eigenvalue weighted by Crippen LogP contribution is -2.38. The predicted octanol–water partition coefficient (Wildman–Crippen LogP) is 4.41. The van der Waals surface area contributed by atoms with Gasteiger partial charge in [0.15, 0.2) is 6.10 Å². The maximum Gasteiger partial charge on any atom is 0.226 e. The molecule has 1 amide bonds. The van der Waals surface area contributed by atoms with E-state index in [9.17, 15) is 9.18 Å². The summed E-state index contributed by atoms with van der Waals surface area (Å²) in [5.74, 6) is -0.0868. The molecule has 0 unspecified atom stereocenters. The number of carbonyl (C=O) groups is 1. The third-order valence-electron chi connectivity index (χ3n) is 4.84. The van der Waals surface area contributed by atoms with E-state index in [4.69, 9.17) is 16.4 Å². The van der Waals surface area contributed by atoms with Crippen LogP contribution in [0.25, 0.3) is 0 Å². The lowest BCUT2D eigenvalue weighted by atomic mass is 10.0. The minimum atomic E-state index is -0.295. The summed E-state index contributed by atoms with van der Waals surface area (Å²) < 4.78 is 13.5. The molecule has 0 N–H and O–H groups in total. The first-order chi connectivity index (χ1) is 13.1. The molecule has 1 aliphatic heterocycles. The molecule has 0 radical (unpaired) electrons. The topological polar surface area (TPSA) is 41.9 Å². The number of nitrogens with zero attached hydrogens (tertiary/aromatic N) is 2. The fraction of sp³-hybridized carbons (Fsp3) is 0.333. The molecule has 1 fully saturated rings. The number of hydrogen-bond donors (Lipinski definition) is 0. The number of halogens is 2. The summed E-state index contributed by atoms with van der Waals surface area (Å²) in [6.45, 7) is 0.815. The van der Waals surface area contributed by atoms with E-state index in [1.807, 2.05) is 30.3 Å². The molecule has 1 atom stereocenters. The molecular formula is C21H20ClFN2O2. The first kappa shape index (κ1) is 18.0. The largest absolute Gasteiger partial charge is 0.390 e. The quantitative estimate of drug-likeness (QED) is 0.737. The van der Waals surface area contributed by atoms with Crippen LogP contribution in [0, 0.1) is 11.7 Å². The average molecular weight is 387 g/mol. The Bertz CT molecular complexity index is 865. The molecular weight excluding hydrogens is 367 g/mol. The van der Waals surface area contributed by atoms with Crippen LogP contribution in [0.1, 0.15) is 30.4 Å². The van der Waals surface area contributed by atoms with E-state index < -0.39 is 0 Å². The van der Waals surface area contributed by atoms with Crippen molar-refractivity contribution >= 4 is 23.2 Å². The van der Waals surface area contributed by atoms with Crippen LogP contribution >= 0.6 is 11.6 Å². The first-order valence-electron chi connectivity index (χ1n) is 9.10. The van der Waals surface area contributed by atoms with Gasteiger partial charge in [-0.1, -0.05) is 41.0 Å². The summed E-state index contributed by atoms with van der Waals surface area (Å²) in [4.78, 5) is 20.1. The highest BCUT2D eigenvalue weighted by Gasteiger charge is 2.35. The molecule has 4 nitrogen and oxygen atoms in total. The Morgan fingerprint density at radius 1 is 1.22 bits per heavy atom. The van der Waals surface area contributed by atoms with Crippen LogP contribution in [0.3, 0.4) is 0 Å². The maximum absolute atomic E-state index is 13.5. The fourth-order valence-electron chi connectivity index (χ4n) is 3.26. The fourth-order valence-corrected chi connectivity index (χ4v) is 3.39. The molecule has 2 aromatic carbocycles. The molecule has 6 heteroatoms. The number of hydrogen-bond acceptors (Lipinski definition) is 3. The minimum absolute atomic E-state index is 0.0941. The Hall–Kier alpha value is -2.40. The molecule has 140 valence electrons. The molecule has 1 aliphatic carbocycles. The zero-order chi connectivity index (χ0) is 18.8. The molecule has 1 saturated carbocycles. The van der Waals surface area contributed by atoms with Crippen LogP contribution in [0.5, 0.6) is 0 Å². The van der Waals surface area contributed by atoms with Crippen LogP contribution in [0.15, 0.2) is 53.7 Å². The van der Waals surface area contributed by atoms with Crippen molar-refractivity contribution in [2.24, 2.45) is 11.1 Å². The van der Waals surface area contributed by atoms with Gasteiger partial charge in [0.2, 0.25) is 5.91 Å². The summed E-state index contributed by atoms with van der Waals surface area (Å²) in [5, 5.41) is 4.86. The highest BCUT2D eigenvalue weighted by atomic mass is 35.5. The maximum atomic E-state index is 13.5. The van der Waals surface area contributed by atoms with E-state index in [2.05, 4.69) is 5.16 Å². The van der Waals surface area contributed by atoms with Crippen LogP contribution < -0.4 is 0 Å². The van der Waals surface area contributed by atoms with Crippen molar-refractivity contribution < 1.29 is 14.0 Å². The van der Waals surface area contributed by atoms with Crippen molar-refractivity contribution in [2.75, 3.05) is 6.54 Å². The first-order valence-corrected chi connectivity index (χ1v) is 9.48. The van der Waals surface area contributed by atoms with E-state index in [0.717, 1.165) is 29.7 Å². The zero-order valence-electron chi connectivity index (χ0n) is 14.8. The second-order valence-corrected chi connectivity index (χ2v) is 7.54. The Kier molecular flexibility index (Phi) is 5.12. The third-order valence-corrected chi connectivity index (χ3v) is 5.09. The third kappa shape index (κ3) is 4.48. The van der Waals surface area contributed by atoms with Gasteiger partial charge < -0.3 is 9.74 Å². The molecule has 1 heterocycles. The Balaban J connectivity index is 1.43. The van der Waals surface area contributed by atoms with Crippen LogP contribution in [0.4, 0.5) is 4.39 Å². The van der Waals surface area contributed by atoms with Crippen molar-refractivity contribution in [3.8, 4) is 0 Å². The molecule has 4 rings (SSSR count). The molecule has 0 spiro atoms. The van der Waals surface area contributed by atoms with Gasteiger partial charge in [-0.3, -0.25) is 4.79 Å². The Labute approximate surface area is 162 Å². The van der Waals surface area contributed by atoms with Gasteiger partial charge in [0.25, 0.3) is 0 Å². The molecule has 0 aromatic heterocycles. The second-order valence-electron chi connectivity index (χ2n) is 7.10. The summed E-state index contributed by atoms with van der Waals surface area (Å²) >= 11 is 5.93. The number of benzene rings is 2. The zero-order valence-corrected chi connectivity index (χ0v) is 15.5. The van der Waals surface area contributed by atoms with Crippen molar-refractivity contribution in [1.29, 1.82) is 0 Å². The highest BCUT2D eigenvalue weighted by Crippen LogP contribution is 2.32. The van der Waals surface area contributed by atoms with Gasteiger partial charge in [0, 0.05) is 23.9 Å². The van der Waals surface area contributed by atoms with E-state index in [-0.39, 0.29) is 23.7 Å². The van der Waals surface area contributed by atoms with E-state index in [1.54, 1.807) is 11.0 Å². The van der Waals surface area contributed by atoms with Gasteiger partial charge in [0.1, 0.15) is 5.82 Å². The van der Waals surface area contributed by atoms with Gasteiger partial charge >= 0.3 is 0 Å². The summed E-state index contributed by atoms with van der Waals surface area (Å²) in [5.41, 5.74) is 2.59. The lowest BCUT2D eigenvalue weighted by molar-refractivity contribution is -0.135. The lowest BCUT2D eigenvalue weighted by Gasteiger charge is -2.25. The van der Waals surface area contributed by atoms with E-state index >= 15 is 0 Å². The number of carbonyl (C=O) groups excluding carboxylic acids is 1. The molecule has 0 bridgehead atoms. The highest BCUT2D eigenvalue weighted by molar-refractivity contribution is 6.30. The SMILES string of the molecule is O=C(C1CC1)N(Cc1cccc(F)c1)C[C@H]1CC(c2ccc(Cl)cc2)=NO1. The second kappa shape index (κ2) is 7.69. The van der Waals surface area contributed by atoms with E-state index in [0.29, 0.717) is 24.5 Å².